The van der Waals surface area contributed by atoms with Crippen LogP contribution in [0.15, 0.2) is 12.2 Å². The van der Waals surface area contributed by atoms with Gasteiger partial charge in [0.05, 0.1) is 6.61 Å². The highest BCUT2D eigenvalue weighted by molar-refractivity contribution is 5.91. The van der Waals surface area contributed by atoms with E-state index in [2.05, 4.69) is 6.92 Å². The number of ether oxygens (including phenoxy) is 2. The van der Waals surface area contributed by atoms with E-state index in [1.165, 1.54) is 57.4 Å². The van der Waals surface area contributed by atoms with Crippen LogP contribution in [-0.2, 0) is 19.1 Å². The predicted octanol–water partition coefficient (Wildman–Crippen LogP) is 5.10. The van der Waals surface area contributed by atoms with Crippen LogP contribution in [0.4, 0.5) is 0 Å². The Labute approximate surface area is 147 Å². The summed E-state index contributed by atoms with van der Waals surface area (Å²) in [5.41, 5.74) is 0. The largest absolute Gasteiger partial charge is 0.463 e. The summed E-state index contributed by atoms with van der Waals surface area (Å²) < 4.78 is 10.2. The summed E-state index contributed by atoms with van der Waals surface area (Å²) in [6, 6.07) is 0. The Morgan fingerprint density at radius 1 is 0.833 bits per heavy atom. The van der Waals surface area contributed by atoms with Crippen LogP contribution in [0.5, 0.6) is 0 Å². The van der Waals surface area contributed by atoms with Gasteiger partial charge in [-0.15, -0.1) is 0 Å². The maximum Gasteiger partial charge on any atom is 0.331 e. The third-order valence-electron chi connectivity index (χ3n) is 4.43. The molecule has 0 radical (unpaired) electrons. The molecule has 0 aromatic heterocycles. The summed E-state index contributed by atoms with van der Waals surface area (Å²) in [6.07, 6.45) is 17.9. The fraction of sp³-hybridized carbons (Fsp3) is 0.800. The smallest absolute Gasteiger partial charge is 0.331 e. The van der Waals surface area contributed by atoms with Crippen molar-refractivity contribution in [1.82, 2.24) is 0 Å². The molecule has 0 aromatic rings. The molecule has 0 aliphatic heterocycles. The van der Waals surface area contributed by atoms with Crippen molar-refractivity contribution in [3.8, 4) is 0 Å². The second-order valence-electron chi connectivity index (χ2n) is 6.67. The van der Waals surface area contributed by atoms with Gasteiger partial charge in [-0.05, 0) is 25.7 Å². The van der Waals surface area contributed by atoms with Crippen LogP contribution in [0.1, 0.15) is 90.4 Å². The molecular weight excluding hydrogens is 304 g/mol. The molecule has 0 amide bonds. The Balaban J connectivity index is 1.86. The van der Waals surface area contributed by atoms with Gasteiger partial charge >= 0.3 is 11.9 Å². The van der Waals surface area contributed by atoms with E-state index >= 15 is 0 Å². The van der Waals surface area contributed by atoms with Gasteiger partial charge in [0.15, 0.2) is 0 Å². The van der Waals surface area contributed by atoms with Crippen LogP contribution >= 0.6 is 0 Å². The van der Waals surface area contributed by atoms with Crippen molar-refractivity contribution in [2.24, 2.45) is 0 Å². The van der Waals surface area contributed by atoms with Crippen molar-refractivity contribution in [2.75, 3.05) is 6.61 Å². The average Bonchev–Trinajstić information content (AvgIpc) is 2.54. The van der Waals surface area contributed by atoms with Gasteiger partial charge in [0.1, 0.15) is 6.10 Å². The summed E-state index contributed by atoms with van der Waals surface area (Å²) in [6.45, 7) is 2.67. The molecule has 0 spiro atoms. The van der Waals surface area contributed by atoms with Gasteiger partial charge in [0, 0.05) is 12.2 Å². The molecule has 4 heteroatoms. The highest BCUT2D eigenvalue weighted by atomic mass is 16.5. The first-order valence-electron chi connectivity index (χ1n) is 9.78. The molecule has 1 aliphatic rings. The van der Waals surface area contributed by atoms with Gasteiger partial charge in [0.25, 0.3) is 0 Å². The number of esters is 2. The fourth-order valence-electron chi connectivity index (χ4n) is 2.64. The van der Waals surface area contributed by atoms with E-state index < -0.39 is 11.9 Å². The lowest BCUT2D eigenvalue weighted by Crippen LogP contribution is -2.24. The summed E-state index contributed by atoms with van der Waals surface area (Å²) >= 11 is 0. The zero-order chi connectivity index (χ0) is 17.5. The molecular formula is C20H34O4. The molecule has 0 atom stereocenters. The molecule has 1 fully saturated rings. The normalized spacial score (nSPS) is 14.5. The predicted molar refractivity (Wildman–Crippen MR) is 95.7 cm³/mol. The zero-order valence-electron chi connectivity index (χ0n) is 15.3. The molecule has 1 aliphatic carbocycles. The van der Waals surface area contributed by atoms with E-state index in [0.717, 1.165) is 38.2 Å². The minimum absolute atomic E-state index is 0.0461. The SMILES string of the molecule is CCCCCCCCCCCCOC(=O)/C=C/C(=O)OC1CCC1. The first-order valence-corrected chi connectivity index (χ1v) is 9.78. The van der Waals surface area contributed by atoms with Gasteiger partial charge in [-0.1, -0.05) is 64.7 Å². The van der Waals surface area contributed by atoms with Crippen molar-refractivity contribution in [3.63, 3.8) is 0 Å². The van der Waals surface area contributed by atoms with Crippen LogP contribution in [0.25, 0.3) is 0 Å². The monoisotopic (exact) mass is 338 g/mol. The van der Waals surface area contributed by atoms with E-state index in [0.29, 0.717) is 6.61 Å². The molecule has 0 N–H and O–H groups in total. The lowest BCUT2D eigenvalue weighted by atomic mass is 9.96. The highest BCUT2D eigenvalue weighted by Gasteiger charge is 2.20. The zero-order valence-corrected chi connectivity index (χ0v) is 15.3. The second-order valence-corrected chi connectivity index (χ2v) is 6.67. The number of hydrogen-bond donors (Lipinski definition) is 0. The topological polar surface area (TPSA) is 52.6 Å². The van der Waals surface area contributed by atoms with Crippen LogP contribution < -0.4 is 0 Å². The molecule has 0 heterocycles. The van der Waals surface area contributed by atoms with Crippen molar-refractivity contribution in [2.45, 2.75) is 96.5 Å². The molecule has 4 nitrogen and oxygen atoms in total. The quantitative estimate of drug-likeness (QED) is 0.251. The molecule has 138 valence electrons. The van der Waals surface area contributed by atoms with E-state index in [-0.39, 0.29) is 6.10 Å². The number of hydrogen-bond acceptors (Lipinski definition) is 4. The fourth-order valence-corrected chi connectivity index (χ4v) is 2.64. The maximum absolute atomic E-state index is 11.5. The number of carbonyl (C=O) groups excluding carboxylic acids is 2. The van der Waals surface area contributed by atoms with Gasteiger partial charge in [0.2, 0.25) is 0 Å². The Morgan fingerprint density at radius 2 is 1.38 bits per heavy atom. The Hall–Kier alpha value is -1.32. The molecule has 0 unspecified atom stereocenters. The summed E-state index contributed by atoms with van der Waals surface area (Å²) in [5.74, 6) is -0.910. The lowest BCUT2D eigenvalue weighted by molar-refractivity contribution is -0.147. The van der Waals surface area contributed by atoms with Crippen molar-refractivity contribution in [1.29, 1.82) is 0 Å². The minimum Gasteiger partial charge on any atom is -0.463 e. The van der Waals surface area contributed by atoms with E-state index in [1.807, 2.05) is 0 Å². The molecule has 24 heavy (non-hydrogen) atoms. The third kappa shape index (κ3) is 11.3. The van der Waals surface area contributed by atoms with Crippen LogP contribution in [0, 0.1) is 0 Å². The molecule has 0 bridgehead atoms. The van der Waals surface area contributed by atoms with E-state index in [1.54, 1.807) is 0 Å². The second kappa shape index (κ2) is 14.1. The Bertz CT molecular complexity index is 372. The third-order valence-corrected chi connectivity index (χ3v) is 4.43. The number of rotatable bonds is 14. The average molecular weight is 338 g/mol. The number of unbranched alkanes of at least 4 members (excludes halogenated alkanes) is 9. The Kier molecular flexibility index (Phi) is 12.1. The molecule has 1 rings (SSSR count). The number of carbonyl (C=O) groups is 2. The lowest BCUT2D eigenvalue weighted by Gasteiger charge is -2.24. The van der Waals surface area contributed by atoms with E-state index in [9.17, 15) is 9.59 Å². The molecule has 0 saturated heterocycles. The maximum atomic E-state index is 11.5. The first kappa shape index (κ1) is 20.7. The van der Waals surface area contributed by atoms with Crippen molar-refractivity contribution >= 4 is 11.9 Å². The summed E-state index contributed by atoms with van der Waals surface area (Å²) in [4.78, 5) is 22.9. The molecule has 1 saturated carbocycles. The minimum atomic E-state index is -0.462. The summed E-state index contributed by atoms with van der Waals surface area (Å²) in [7, 11) is 0. The highest BCUT2D eigenvalue weighted by Crippen LogP contribution is 2.21. The van der Waals surface area contributed by atoms with Gasteiger partial charge in [-0.3, -0.25) is 0 Å². The Morgan fingerprint density at radius 3 is 1.92 bits per heavy atom. The van der Waals surface area contributed by atoms with Crippen LogP contribution in [-0.4, -0.2) is 24.6 Å². The van der Waals surface area contributed by atoms with E-state index in [4.69, 9.17) is 9.47 Å². The van der Waals surface area contributed by atoms with Gasteiger partial charge < -0.3 is 9.47 Å². The van der Waals surface area contributed by atoms with Gasteiger partial charge in [-0.2, -0.15) is 0 Å². The summed E-state index contributed by atoms with van der Waals surface area (Å²) in [5, 5.41) is 0. The van der Waals surface area contributed by atoms with Crippen LogP contribution in [0.2, 0.25) is 0 Å². The van der Waals surface area contributed by atoms with Crippen LogP contribution in [0.3, 0.4) is 0 Å². The molecule has 0 aromatic carbocycles. The first-order chi connectivity index (χ1) is 11.7. The standard InChI is InChI=1S/C20H34O4/c1-2-3-4-5-6-7-8-9-10-11-17-23-19(21)15-16-20(22)24-18-13-12-14-18/h15-16,18H,2-14,17H2,1H3/b16-15+. The van der Waals surface area contributed by atoms with Gasteiger partial charge in [-0.25, -0.2) is 9.59 Å². The van der Waals surface area contributed by atoms with Crippen molar-refractivity contribution in [3.05, 3.63) is 12.2 Å². The van der Waals surface area contributed by atoms with Crippen molar-refractivity contribution < 1.29 is 19.1 Å².